The lowest BCUT2D eigenvalue weighted by atomic mass is 9.67. The van der Waals surface area contributed by atoms with Gasteiger partial charge in [-0.05, 0) is 65.5 Å². The first-order valence-electron chi connectivity index (χ1n) is 6.29. The van der Waals surface area contributed by atoms with Crippen molar-refractivity contribution in [2.75, 3.05) is 6.54 Å². The minimum Gasteiger partial charge on any atom is -0.351 e. The van der Waals surface area contributed by atoms with Crippen LogP contribution in [0.15, 0.2) is 18.2 Å². The fourth-order valence-corrected chi connectivity index (χ4v) is 3.12. The van der Waals surface area contributed by atoms with Crippen molar-refractivity contribution in [1.29, 1.82) is 0 Å². The van der Waals surface area contributed by atoms with Gasteiger partial charge >= 0.3 is 0 Å². The predicted octanol–water partition coefficient (Wildman–Crippen LogP) is 4.25. The van der Waals surface area contributed by atoms with Gasteiger partial charge in [0.25, 0.3) is 5.91 Å². The van der Waals surface area contributed by atoms with Gasteiger partial charge in [-0.1, -0.05) is 24.9 Å². The molecule has 1 aromatic rings. The Balaban J connectivity index is 2.01. The van der Waals surface area contributed by atoms with Gasteiger partial charge in [-0.25, -0.2) is 0 Å². The SMILES string of the molecule is CCC1(CNC(=O)c2cc(Cl)ccc2I)CCC1. The maximum atomic E-state index is 12.1. The predicted molar refractivity (Wildman–Crippen MR) is 83.1 cm³/mol. The molecule has 1 aromatic carbocycles. The van der Waals surface area contributed by atoms with Crippen LogP contribution in [-0.4, -0.2) is 12.5 Å². The maximum Gasteiger partial charge on any atom is 0.252 e. The molecular formula is C14H17ClINO. The first kappa shape index (κ1) is 14.1. The summed E-state index contributed by atoms with van der Waals surface area (Å²) in [6, 6.07) is 5.41. The molecule has 98 valence electrons. The van der Waals surface area contributed by atoms with Crippen molar-refractivity contribution >= 4 is 40.1 Å². The van der Waals surface area contributed by atoms with E-state index in [2.05, 4.69) is 34.8 Å². The van der Waals surface area contributed by atoms with Crippen molar-refractivity contribution in [3.8, 4) is 0 Å². The second-order valence-electron chi connectivity index (χ2n) is 5.01. The van der Waals surface area contributed by atoms with E-state index in [0.29, 0.717) is 16.0 Å². The number of rotatable bonds is 4. The molecule has 0 spiro atoms. The van der Waals surface area contributed by atoms with E-state index in [0.717, 1.165) is 16.5 Å². The Bertz CT molecular complexity index is 452. The first-order valence-corrected chi connectivity index (χ1v) is 7.75. The summed E-state index contributed by atoms with van der Waals surface area (Å²) < 4.78 is 0.939. The minimum absolute atomic E-state index is 0.0124. The highest BCUT2D eigenvalue weighted by Crippen LogP contribution is 2.43. The lowest BCUT2D eigenvalue weighted by Gasteiger charge is -2.41. The molecule has 0 heterocycles. The Morgan fingerprint density at radius 1 is 1.50 bits per heavy atom. The molecule has 0 bridgehead atoms. The normalized spacial score (nSPS) is 17.1. The van der Waals surface area contributed by atoms with Crippen molar-refractivity contribution in [3.63, 3.8) is 0 Å². The lowest BCUT2D eigenvalue weighted by molar-refractivity contribution is 0.0849. The molecule has 0 unspecified atom stereocenters. The average Bonchev–Trinajstić information content (AvgIpc) is 2.31. The van der Waals surface area contributed by atoms with Crippen LogP contribution in [0.3, 0.4) is 0 Å². The number of nitrogens with one attached hydrogen (secondary N) is 1. The number of carbonyl (C=O) groups excluding carboxylic acids is 1. The molecular weight excluding hydrogens is 361 g/mol. The van der Waals surface area contributed by atoms with E-state index in [-0.39, 0.29) is 5.91 Å². The van der Waals surface area contributed by atoms with E-state index in [1.165, 1.54) is 19.3 Å². The summed E-state index contributed by atoms with van der Waals surface area (Å²) in [4.78, 5) is 12.1. The third-order valence-electron chi connectivity index (χ3n) is 3.96. The van der Waals surface area contributed by atoms with Gasteiger partial charge in [0.2, 0.25) is 0 Å². The number of halogens is 2. The summed E-state index contributed by atoms with van der Waals surface area (Å²) in [5.74, 6) is -0.0124. The number of carbonyl (C=O) groups is 1. The van der Waals surface area contributed by atoms with Crippen LogP contribution in [-0.2, 0) is 0 Å². The van der Waals surface area contributed by atoms with Gasteiger partial charge in [0.05, 0.1) is 5.56 Å². The summed E-state index contributed by atoms with van der Waals surface area (Å²) in [6.07, 6.45) is 4.89. The lowest BCUT2D eigenvalue weighted by Crippen LogP contribution is -2.41. The quantitative estimate of drug-likeness (QED) is 0.781. The fraction of sp³-hybridized carbons (Fsp3) is 0.500. The Kier molecular flexibility index (Phi) is 4.54. The summed E-state index contributed by atoms with van der Waals surface area (Å²) in [5.41, 5.74) is 1.02. The average molecular weight is 378 g/mol. The molecule has 1 fully saturated rings. The minimum atomic E-state index is -0.0124. The molecule has 0 saturated heterocycles. The molecule has 1 amide bonds. The van der Waals surface area contributed by atoms with Crippen LogP contribution in [0, 0.1) is 8.99 Å². The van der Waals surface area contributed by atoms with Gasteiger partial charge in [-0.3, -0.25) is 4.79 Å². The summed E-state index contributed by atoms with van der Waals surface area (Å²) in [5, 5.41) is 3.66. The van der Waals surface area contributed by atoms with Crippen molar-refractivity contribution in [1.82, 2.24) is 5.32 Å². The molecule has 0 aromatic heterocycles. The first-order chi connectivity index (χ1) is 8.56. The van der Waals surface area contributed by atoms with E-state index in [1.54, 1.807) is 12.1 Å². The number of benzene rings is 1. The zero-order valence-corrected chi connectivity index (χ0v) is 13.3. The maximum absolute atomic E-state index is 12.1. The molecule has 0 radical (unpaired) electrons. The van der Waals surface area contributed by atoms with Crippen molar-refractivity contribution in [2.24, 2.45) is 5.41 Å². The molecule has 0 atom stereocenters. The van der Waals surface area contributed by atoms with Crippen molar-refractivity contribution < 1.29 is 4.79 Å². The standard InChI is InChI=1S/C14H17ClINO/c1-2-14(6-3-7-14)9-17-13(18)11-8-10(15)4-5-12(11)16/h4-5,8H,2-3,6-7,9H2,1H3,(H,17,18). The van der Waals surface area contributed by atoms with Crippen molar-refractivity contribution in [3.05, 3.63) is 32.4 Å². The second-order valence-corrected chi connectivity index (χ2v) is 6.61. The van der Waals surface area contributed by atoms with Crippen LogP contribution in [0.4, 0.5) is 0 Å². The van der Waals surface area contributed by atoms with Gasteiger partial charge in [0.15, 0.2) is 0 Å². The number of hydrogen-bond acceptors (Lipinski definition) is 1. The third-order valence-corrected chi connectivity index (χ3v) is 5.14. The monoisotopic (exact) mass is 377 g/mol. The third kappa shape index (κ3) is 2.99. The topological polar surface area (TPSA) is 29.1 Å². The van der Waals surface area contributed by atoms with Gasteiger partial charge in [0, 0.05) is 15.1 Å². The van der Waals surface area contributed by atoms with Crippen LogP contribution >= 0.6 is 34.2 Å². The Hall–Kier alpha value is -0.290. The van der Waals surface area contributed by atoms with Crippen LogP contribution < -0.4 is 5.32 Å². The molecule has 2 rings (SSSR count). The highest BCUT2D eigenvalue weighted by atomic mass is 127. The fourth-order valence-electron chi connectivity index (χ4n) is 2.37. The van der Waals surface area contributed by atoms with E-state index in [4.69, 9.17) is 11.6 Å². The van der Waals surface area contributed by atoms with E-state index in [9.17, 15) is 4.79 Å². The van der Waals surface area contributed by atoms with Crippen LogP contribution in [0.25, 0.3) is 0 Å². The molecule has 1 saturated carbocycles. The van der Waals surface area contributed by atoms with Gasteiger partial charge in [-0.15, -0.1) is 0 Å². The molecule has 1 aliphatic rings. The summed E-state index contributed by atoms with van der Waals surface area (Å²) >= 11 is 8.10. The molecule has 4 heteroatoms. The summed E-state index contributed by atoms with van der Waals surface area (Å²) in [7, 11) is 0. The van der Waals surface area contributed by atoms with E-state index < -0.39 is 0 Å². The number of amides is 1. The second kappa shape index (κ2) is 5.78. The van der Waals surface area contributed by atoms with E-state index in [1.807, 2.05) is 6.07 Å². The van der Waals surface area contributed by atoms with Crippen molar-refractivity contribution in [2.45, 2.75) is 32.6 Å². The molecule has 18 heavy (non-hydrogen) atoms. The van der Waals surface area contributed by atoms with Crippen LogP contribution in [0.2, 0.25) is 5.02 Å². The smallest absolute Gasteiger partial charge is 0.252 e. The Labute approximate surface area is 127 Å². The molecule has 0 aliphatic heterocycles. The highest BCUT2D eigenvalue weighted by Gasteiger charge is 2.35. The zero-order valence-electron chi connectivity index (χ0n) is 10.4. The summed E-state index contributed by atoms with van der Waals surface area (Å²) in [6.45, 7) is 2.99. The molecule has 1 aliphatic carbocycles. The molecule has 2 nitrogen and oxygen atoms in total. The highest BCUT2D eigenvalue weighted by molar-refractivity contribution is 14.1. The van der Waals surface area contributed by atoms with Crippen LogP contribution in [0.1, 0.15) is 43.0 Å². The van der Waals surface area contributed by atoms with Crippen LogP contribution in [0.5, 0.6) is 0 Å². The van der Waals surface area contributed by atoms with E-state index >= 15 is 0 Å². The Morgan fingerprint density at radius 2 is 2.22 bits per heavy atom. The van der Waals surface area contributed by atoms with Gasteiger partial charge in [0.1, 0.15) is 0 Å². The van der Waals surface area contributed by atoms with Gasteiger partial charge < -0.3 is 5.32 Å². The molecule has 1 N–H and O–H groups in total. The van der Waals surface area contributed by atoms with Gasteiger partial charge in [-0.2, -0.15) is 0 Å². The number of hydrogen-bond donors (Lipinski definition) is 1. The largest absolute Gasteiger partial charge is 0.351 e. The Morgan fingerprint density at radius 3 is 2.78 bits per heavy atom. The zero-order chi connectivity index (χ0) is 13.2.